The number of imidazole rings is 1. The number of rotatable bonds is 5. The number of hydrogen-bond acceptors (Lipinski definition) is 4. The Morgan fingerprint density at radius 3 is 3.07 bits per heavy atom. The second kappa shape index (κ2) is 5.04. The quantitative estimate of drug-likeness (QED) is 0.833. The van der Waals surface area contributed by atoms with E-state index in [9.17, 15) is 0 Å². The van der Waals surface area contributed by atoms with Gasteiger partial charge in [0.15, 0.2) is 0 Å². The van der Waals surface area contributed by atoms with Gasteiger partial charge in [-0.15, -0.1) is 11.3 Å². The summed E-state index contributed by atoms with van der Waals surface area (Å²) in [5, 5.41) is 3.30. The molecule has 0 aliphatic carbocycles. The van der Waals surface area contributed by atoms with E-state index < -0.39 is 0 Å². The third-order valence-corrected chi connectivity index (χ3v) is 2.93. The highest BCUT2D eigenvalue weighted by molar-refractivity contribution is 7.09. The van der Waals surface area contributed by atoms with Crippen LogP contribution in [0, 0.1) is 0 Å². The van der Waals surface area contributed by atoms with Crippen molar-refractivity contribution in [3.05, 3.63) is 34.8 Å². The van der Waals surface area contributed by atoms with Gasteiger partial charge in [0.1, 0.15) is 0 Å². The van der Waals surface area contributed by atoms with Gasteiger partial charge in [0.2, 0.25) is 0 Å². The van der Waals surface area contributed by atoms with Crippen LogP contribution in [-0.2, 0) is 13.1 Å². The lowest BCUT2D eigenvalue weighted by Crippen LogP contribution is -2.15. The number of nitrogens with zero attached hydrogens (tertiary/aromatic N) is 3. The molecular formula is C10H14N4S. The summed E-state index contributed by atoms with van der Waals surface area (Å²) in [6, 6.07) is 0. The first kappa shape index (κ1) is 10.3. The van der Waals surface area contributed by atoms with Gasteiger partial charge in [-0.2, -0.15) is 0 Å². The van der Waals surface area contributed by atoms with Crippen LogP contribution < -0.4 is 5.32 Å². The van der Waals surface area contributed by atoms with Gasteiger partial charge >= 0.3 is 0 Å². The van der Waals surface area contributed by atoms with Crippen molar-refractivity contribution in [2.45, 2.75) is 20.0 Å². The van der Waals surface area contributed by atoms with Crippen molar-refractivity contribution in [1.82, 2.24) is 19.9 Å². The first-order chi connectivity index (χ1) is 7.40. The molecule has 0 aliphatic heterocycles. The van der Waals surface area contributed by atoms with E-state index in [0.29, 0.717) is 0 Å². The molecule has 2 rings (SSSR count). The molecule has 0 aliphatic rings. The van der Waals surface area contributed by atoms with Crippen molar-refractivity contribution in [3.63, 3.8) is 0 Å². The third kappa shape index (κ3) is 2.64. The molecule has 0 spiro atoms. The van der Waals surface area contributed by atoms with Crippen LogP contribution in [-0.4, -0.2) is 21.1 Å². The Hall–Kier alpha value is -1.20. The number of aromatic nitrogens is 3. The summed E-state index contributed by atoms with van der Waals surface area (Å²) in [6.45, 7) is 4.82. The average Bonchev–Trinajstić information content (AvgIpc) is 2.87. The number of thiazole rings is 1. The Morgan fingerprint density at radius 2 is 2.33 bits per heavy atom. The molecule has 15 heavy (non-hydrogen) atoms. The Labute approximate surface area is 93.0 Å². The summed E-state index contributed by atoms with van der Waals surface area (Å²) in [4.78, 5) is 9.48. The zero-order valence-electron chi connectivity index (χ0n) is 8.68. The predicted molar refractivity (Wildman–Crippen MR) is 60.8 cm³/mol. The monoisotopic (exact) mass is 222 g/mol. The molecule has 4 nitrogen and oxygen atoms in total. The van der Waals surface area contributed by atoms with E-state index in [1.54, 1.807) is 11.3 Å². The zero-order chi connectivity index (χ0) is 10.5. The second-order valence-electron chi connectivity index (χ2n) is 3.26. The van der Waals surface area contributed by atoms with Crippen molar-refractivity contribution < 1.29 is 0 Å². The van der Waals surface area contributed by atoms with Crippen molar-refractivity contribution in [3.8, 4) is 0 Å². The molecule has 0 unspecified atom stereocenters. The summed E-state index contributed by atoms with van der Waals surface area (Å²) >= 11 is 1.67. The molecule has 0 aromatic carbocycles. The van der Waals surface area contributed by atoms with Gasteiger partial charge in [-0.05, 0) is 6.54 Å². The Balaban J connectivity index is 2.04. The van der Waals surface area contributed by atoms with Gasteiger partial charge in [-0.25, -0.2) is 4.98 Å². The SMILES string of the molecule is CCNCc1cncn1Cc1cncs1. The summed E-state index contributed by atoms with van der Waals surface area (Å²) in [7, 11) is 0. The van der Waals surface area contributed by atoms with E-state index in [1.807, 2.05) is 24.2 Å². The van der Waals surface area contributed by atoms with Crippen molar-refractivity contribution in [2.24, 2.45) is 0 Å². The first-order valence-corrected chi connectivity index (χ1v) is 5.85. The maximum atomic E-state index is 4.16. The van der Waals surface area contributed by atoms with Gasteiger partial charge in [0.25, 0.3) is 0 Å². The normalized spacial score (nSPS) is 10.7. The minimum Gasteiger partial charge on any atom is -0.328 e. The Kier molecular flexibility index (Phi) is 3.47. The van der Waals surface area contributed by atoms with E-state index in [-0.39, 0.29) is 0 Å². The molecule has 1 N–H and O–H groups in total. The minimum atomic E-state index is 0.866. The summed E-state index contributed by atoms with van der Waals surface area (Å²) in [5.74, 6) is 0. The average molecular weight is 222 g/mol. The second-order valence-corrected chi connectivity index (χ2v) is 4.23. The van der Waals surface area contributed by atoms with Crippen LogP contribution in [0.3, 0.4) is 0 Å². The van der Waals surface area contributed by atoms with Crippen LogP contribution in [0.25, 0.3) is 0 Å². The highest BCUT2D eigenvalue weighted by Crippen LogP contribution is 2.09. The molecule has 2 aromatic heterocycles. The molecule has 2 aromatic rings. The summed E-state index contributed by atoms with van der Waals surface area (Å²) in [6.07, 6.45) is 5.68. The van der Waals surface area contributed by atoms with E-state index in [0.717, 1.165) is 19.6 Å². The van der Waals surface area contributed by atoms with E-state index >= 15 is 0 Å². The van der Waals surface area contributed by atoms with Crippen LogP contribution >= 0.6 is 11.3 Å². The smallest absolute Gasteiger partial charge is 0.0952 e. The van der Waals surface area contributed by atoms with Gasteiger partial charge < -0.3 is 9.88 Å². The maximum absolute atomic E-state index is 4.16. The topological polar surface area (TPSA) is 42.7 Å². The van der Waals surface area contributed by atoms with Gasteiger partial charge in [0.05, 0.1) is 24.1 Å². The maximum Gasteiger partial charge on any atom is 0.0952 e. The zero-order valence-corrected chi connectivity index (χ0v) is 9.50. The molecular weight excluding hydrogens is 208 g/mol. The molecule has 0 atom stereocenters. The van der Waals surface area contributed by atoms with Crippen LogP contribution in [0.4, 0.5) is 0 Å². The molecule has 2 heterocycles. The minimum absolute atomic E-state index is 0.866. The van der Waals surface area contributed by atoms with E-state index in [4.69, 9.17) is 0 Å². The van der Waals surface area contributed by atoms with Gasteiger partial charge in [0, 0.05) is 23.8 Å². The third-order valence-electron chi connectivity index (χ3n) is 2.16. The fraction of sp³-hybridized carbons (Fsp3) is 0.400. The van der Waals surface area contributed by atoms with Gasteiger partial charge in [-0.3, -0.25) is 4.98 Å². The largest absolute Gasteiger partial charge is 0.328 e. The van der Waals surface area contributed by atoms with Crippen LogP contribution in [0.15, 0.2) is 24.2 Å². The number of hydrogen-bond donors (Lipinski definition) is 1. The molecule has 80 valence electrons. The van der Waals surface area contributed by atoms with Crippen LogP contribution in [0.1, 0.15) is 17.5 Å². The van der Waals surface area contributed by atoms with Crippen molar-refractivity contribution in [1.29, 1.82) is 0 Å². The van der Waals surface area contributed by atoms with E-state index in [1.165, 1.54) is 10.6 Å². The molecule has 0 bridgehead atoms. The summed E-state index contributed by atoms with van der Waals surface area (Å²) < 4.78 is 2.15. The van der Waals surface area contributed by atoms with Gasteiger partial charge in [-0.1, -0.05) is 6.92 Å². The van der Waals surface area contributed by atoms with Crippen LogP contribution in [0.5, 0.6) is 0 Å². The highest BCUT2D eigenvalue weighted by atomic mass is 32.1. The lowest BCUT2D eigenvalue weighted by atomic mass is 10.4. The number of nitrogens with one attached hydrogen (secondary N) is 1. The van der Waals surface area contributed by atoms with Crippen LogP contribution in [0.2, 0.25) is 0 Å². The molecule has 0 fully saturated rings. The standard InChI is InChI=1S/C10H14N4S/c1-2-11-3-9-4-12-7-14(9)6-10-5-13-8-15-10/h4-5,7-8,11H,2-3,6H2,1H3. The Bertz CT molecular complexity index is 393. The fourth-order valence-electron chi connectivity index (χ4n) is 1.38. The molecule has 0 amide bonds. The lowest BCUT2D eigenvalue weighted by molar-refractivity contribution is 0.659. The molecule has 5 heteroatoms. The van der Waals surface area contributed by atoms with Crippen molar-refractivity contribution in [2.75, 3.05) is 6.54 Å². The fourth-order valence-corrected chi connectivity index (χ4v) is 1.97. The predicted octanol–water partition coefficient (Wildman–Crippen LogP) is 1.50. The van der Waals surface area contributed by atoms with E-state index in [2.05, 4.69) is 26.8 Å². The highest BCUT2D eigenvalue weighted by Gasteiger charge is 2.02. The molecule has 0 saturated carbocycles. The molecule has 0 radical (unpaired) electrons. The first-order valence-electron chi connectivity index (χ1n) is 4.97. The molecule has 0 saturated heterocycles. The Morgan fingerprint density at radius 1 is 1.40 bits per heavy atom. The van der Waals surface area contributed by atoms with Crippen molar-refractivity contribution >= 4 is 11.3 Å². The lowest BCUT2D eigenvalue weighted by Gasteiger charge is -2.06. The summed E-state index contributed by atoms with van der Waals surface area (Å²) in [5.41, 5.74) is 3.07.